The van der Waals surface area contributed by atoms with E-state index in [1.807, 2.05) is 30.8 Å². The maximum absolute atomic E-state index is 12.3. The van der Waals surface area contributed by atoms with Crippen molar-refractivity contribution in [3.05, 3.63) is 33.5 Å². The molecule has 2 aliphatic rings. The molecular formula is C16H22N6OS2. The fourth-order valence-electron chi connectivity index (χ4n) is 3.24. The van der Waals surface area contributed by atoms with Crippen LogP contribution in [0, 0.1) is 5.92 Å². The number of likely N-dealkylation sites (tertiary alicyclic amines) is 1. The van der Waals surface area contributed by atoms with Gasteiger partial charge >= 0.3 is 0 Å². The predicted octanol–water partition coefficient (Wildman–Crippen LogP) is 1.08. The van der Waals surface area contributed by atoms with Crippen LogP contribution in [-0.4, -0.2) is 57.0 Å². The van der Waals surface area contributed by atoms with Gasteiger partial charge in [0.1, 0.15) is 0 Å². The minimum atomic E-state index is 0.0384. The van der Waals surface area contributed by atoms with Crippen molar-refractivity contribution in [3.8, 4) is 0 Å². The van der Waals surface area contributed by atoms with E-state index in [-0.39, 0.29) is 5.56 Å². The van der Waals surface area contributed by atoms with Gasteiger partial charge in [-0.1, -0.05) is 0 Å². The Kier molecular flexibility index (Phi) is 4.79. The van der Waals surface area contributed by atoms with E-state index in [2.05, 4.69) is 19.4 Å². The molecule has 1 saturated heterocycles. The minimum absolute atomic E-state index is 0.0384. The molecule has 0 aliphatic carbocycles. The average molecular weight is 379 g/mol. The zero-order valence-corrected chi connectivity index (χ0v) is 16.1. The van der Waals surface area contributed by atoms with Crippen LogP contribution >= 0.6 is 23.3 Å². The molecule has 0 aromatic carbocycles. The molecule has 9 heteroatoms. The van der Waals surface area contributed by atoms with E-state index < -0.39 is 0 Å². The van der Waals surface area contributed by atoms with E-state index in [1.165, 1.54) is 11.5 Å². The summed E-state index contributed by atoms with van der Waals surface area (Å²) in [7, 11) is 3.96. The summed E-state index contributed by atoms with van der Waals surface area (Å²) in [6.07, 6.45) is 0.973. The zero-order chi connectivity index (χ0) is 17.4. The molecule has 0 atom stereocenters. The van der Waals surface area contributed by atoms with Crippen LogP contribution in [0.5, 0.6) is 0 Å². The average Bonchev–Trinajstić information content (AvgIpc) is 3.02. The van der Waals surface area contributed by atoms with Crippen LogP contribution in [-0.2, 0) is 25.3 Å². The second kappa shape index (κ2) is 7.05. The van der Waals surface area contributed by atoms with Crippen LogP contribution in [0.4, 0.5) is 5.13 Å². The van der Waals surface area contributed by atoms with Crippen LogP contribution in [0.25, 0.3) is 0 Å². The molecule has 2 aliphatic heterocycles. The highest BCUT2D eigenvalue weighted by atomic mass is 32.2. The first kappa shape index (κ1) is 17.0. The monoisotopic (exact) mass is 378 g/mol. The van der Waals surface area contributed by atoms with Gasteiger partial charge in [-0.2, -0.15) is 21.2 Å². The van der Waals surface area contributed by atoms with Crippen LogP contribution in [0.3, 0.4) is 0 Å². The summed E-state index contributed by atoms with van der Waals surface area (Å²) in [5.41, 5.74) is 2.27. The number of fused-ring (bicyclic) bond motifs is 1. The fraction of sp³-hybridized carbons (Fsp3) is 0.625. The van der Waals surface area contributed by atoms with E-state index in [1.54, 1.807) is 10.7 Å². The molecule has 0 N–H and O–H groups in total. The Bertz CT molecular complexity index is 811. The number of aromatic nitrogens is 4. The topological polar surface area (TPSA) is 67.2 Å². The van der Waals surface area contributed by atoms with Crippen molar-refractivity contribution in [2.24, 2.45) is 5.92 Å². The van der Waals surface area contributed by atoms with E-state index in [0.29, 0.717) is 12.5 Å². The van der Waals surface area contributed by atoms with Gasteiger partial charge in [0.05, 0.1) is 18.8 Å². The van der Waals surface area contributed by atoms with Crippen molar-refractivity contribution < 1.29 is 0 Å². The molecule has 0 saturated carbocycles. The molecule has 0 radical (unpaired) electrons. The number of rotatable bonds is 5. The third kappa shape index (κ3) is 3.73. The van der Waals surface area contributed by atoms with Crippen molar-refractivity contribution >= 4 is 28.4 Å². The number of hydrogen-bond acceptors (Lipinski definition) is 8. The van der Waals surface area contributed by atoms with Crippen molar-refractivity contribution in [1.29, 1.82) is 0 Å². The van der Waals surface area contributed by atoms with Crippen LogP contribution in [0.15, 0.2) is 10.9 Å². The van der Waals surface area contributed by atoms with Gasteiger partial charge in [-0.05, 0) is 11.3 Å². The quantitative estimate of drug-likeness (QED) is 0.771. The van der Waals surface area contributed by atoms with Gasteiger partial charge in [0.15, 0.2) is 5.82 Å². The molecule has 2 aromatic rings. The summed E-state index contributed by atoms with van der Waals surface area (Å²) in [4.78, 5) is 21.1. The standard InChI is InChI=1S/C16H22N6OS2/c1-20(2)16-17-14(19-25-16)9-21-6-11(7-21)8-22-15(23)5-12-10-24-4-3-13(12)18-22/h5,11H,3-4,6-10H2,1-2H3. The maximum atomic E-state index is 12.3. The first-order valence-electron chi connectivity index (χ1n) is 8.48. The predicted molar refractivity (Wildman–Crippen MR) is 101 cm³/mol. The smallest absolute Gasteiger partial charge is 0.267 e. The maximum Gasteiger partial charge on any atom is 0.267 e. The summed E-state index contributed by atoms with van der Waals surface area (Å²) < 4.78 is 6.08. The second-order valence-electron chi connectivity index (χ2n) is 6.89. The number of nitrogens with zero attached hydrogens (tertiary/aromatic N) is 6. The van der Waals surface area contributed by atoms with Gasteiger partial charge in [0, 0.05) is 62.9 Å². The molecule has 0 bridgehead atoms. The lowest BCUT2D eigenvalue weighted by Gasteiger charge is -2.38. The highest BCUT2D eigenvalue weighted by Gasteiger charge is 2.29. The first-order chi connectivity index (χ1) is 12.1. The summed E-state index contributed by atoms with van der Waals surface area (Å²) in [6.45, 7) is 3.43. The Hall–Kier alpha value is -1.45. The molecule has 7 nitrogen and oxygen atoms in total. The number of anilines is 1. The van der Waals surface area contributed by atoms with Gasteiger partial charge in [-0.25, -0.2) is 9.67 Å². The van der Waals surface area contributed by atoms with E-state index in [9.17, 15) is 4.79 Å². The molecule has 0 unspecified atom stereocenters. The number of aryl methyl sites for hydroxylation is 1. The summed E-state index contributed by atoms with van der Waals surface area (Å²) >= 11 is 3.31. The largest absolute Gasteiger partial charge is 0.353 e. The lowest BCUT2D eigenvalue weighted by Crippen LogP contribution is -2.49. The molecule has 0 amide bonds. The van der Waals surface area contributed by atoms with Gasteiger partial charge in [-0.3, -0.25) is 9.69 Å². The molecule has 4 rings (SSSR count). The van der Waals surface area contributed by atoms with Crippen molar-refractivity contribution in [2.45, 2.75) is 25.3 Å². The Labute approximate surface area is 155 Å². The lowest BCUT2D eigenvalue weighted by molar-refractivity contribution is 0.0742. The highest BCUT2D eigenvalue weighted by Crippen LogP contribution is 2.23. The summed E-state index contributed by atoms with van der Waals surface area (Å²) in [5.74, 6) is 3.39. The highest BCUT2D eigenvalue weighted by molar-refractivity contribution is 7.98. The second-order valence-corrected chi connectivity index (χ2v) is 8.72. The molecule has 134 valence electrons. The Morgan fingerprint density at radius 3 is 2.96 bits per heavy atom. The first-order valence-corrected chi connectivity index (χ1v) is 10.4. The van der Waals surface area contributed by atoms with Gasteiger partial charge in [-0.15, -0.1) is 0 Å². The molecule has 0 spiro atoms. The summed E-state index contributed by atoms with van der Waals surface area (Å²) in [5, 5.41) is 5.55. The van der Waals surface area contributed by atoms with Crippen LogP contribution in [0.2, 0.25) is 0 Å². The van der Waals surface area contributed by atoms with E-state index >= 15 is 0 Å². The van der Waals surface area contributed by atoms with Crippen LogP contribution < -0.4 is 10.5 Å². The molecule has 2 aromatic heterocycles. The molecule has 25 heavy (non-hydrogen) atoms. The summed E-state index contributed by atoms with van der Waals surface area (Å²) in [6, 6.07) is 1.78. The number of thioether (sulfide) groups is 1. The van der Waals surface area contributed by atoms with Crippen molar-refractivity contribution in [2.75, 3.05) is 37.8 Å². The number of hydrogen-bond donors (Lipinski definition) is 0. The zero-order valence-electron chi connectivity index (χ0n) is 14.5. The van der Waals surface area contributed by atoms with Crippen molar-refractivity contribution in [1.82, 2.24) is 24.0 Å². The van der Waals surface area contributed by atoms with Crippen molar-refractivity contribution in [3.63, 3.8) is 0 Å². The minimum Gasteiger partial charge on any atom is -0.353 e. The van der Waals surface area contributed by atoms with E-state index in [0.717, 1.165) is 59.8 Å². The SMILES string of the molecule is CN(C)c1nc(CN2CC(Cn3nc4c(cc3=O)CSCC4)C2)ns1. The van der Waals surface area contributed by atoms with Gasteiger partial charge in [0.25, 0.3) is 5.56 Å². The Balaban J connectivity index is 1.33. The van der Waals surface area contributed by atoms with Gasteiger partial charge in [0.2, 0.25) is 5.13 Å². The van der Waals surface area contributed by atoms with E-state index in [4.69, 9.17) is 0 Å². The lowest BCUT2D eigenvalue weighted by atomic mass is 10.0. The third-order valence-corrected chi connectivity index (χ3v) is 6.50. The normalized spacial score (nSPS) is 18.0. The third-order valence-electron chi connectivity index (χ3n) is 4.57. The van der Waals surface area contributed by atoms with Gasteiger partial charge < -0.3 is 4.90 Å². The molecule has 4 heterocycles. The van der Waals surface area contributed by atoms with Crippen LogP contribution in [0.1, 0.15) is 17.1 Å². The Morgan fingerprint density at radius 1 is 1.36 bits per heavy atom. The molecule has 1 fully saturated rings. The Morgan fingerprint density at radius 2 is 2.20 bits per heavy atom. The molecular weight excluding hydrogens is 356 g/mol. The fourth-order valence-corrected chi connectivity index (χ4v) is 4.79.